The topological polar surface area (TPSA) is 63.6 Å². The number of hydrogen-bond acceptors (Lipinski definition) is 3. The molecule has 0 unspecified atom stereocenters. The van der Waals surface area contributed by atoms with E-state index in [1.54, 1.807) is 13.5 Å². The van der Waals surface area contributed by atoms with Crippen LogP contribution in [0.15, 0.2) is 4.79 Å². The fourth-order valence-corrected chi connectivity index (χ4v) is 1.17. The minimum absolute atomic E-state index is 0. The second-order valence-electron chi connectivity index (χ2n) is 2.66. The third kappa shape index (κ3) is 2.72. The van der Waals surface area contributed by atoms with E-state index < -0.39 is 0 Å². The zero-order valence-electron chi connectivity index (χ0n) is 8.35. The molecule has 0 aliphatic carbocycles. The van der Waals surface area contributed by atoms with Gasteiger partial charge in [0.2, 0.25) is 0 Å². The summed E-state index contributed by atoms with van der Waals surface area (Å²) in [5.41, 5.74) is 0.347. The summed E-state index contributed by atoms with van der Waals surface area (Å²) in [5.74, 6) is 0.578. The number of fused-ring (bicyclic) bond motifs is 1. The van der Waals surface area contributed by atoms with Crippen molar-refractivity contribution in [1.82, 2.24) is 19.7 Å². The van der Waals surface area contributed by atoms with E-state index in [0.717, 1.165) is 0 Å². The molecule has 5 nitrogen and oxygen atoms in total. The quantitative estimate of drug-likeness (QED) is 0.768. The van der Waals surface area contributed by atoms with Gasteiger partial charge in [0.05, 0.1) is 5.82 Å². The Labute approximate surface area is 124 Å². The molecule has 0 fully saturated rings. The molecule has 0 amide bonds. The average Bonchev–Trinajstić information content (AvgIpc) is 2.47. The summed E-state index contributed by atoms with van der Waals surface area (Å²) in [6, 6.07) is 0. The van der Waals surface area contributed by atoms with Crippen LogP contribution in [0.2, 0.25) is 0 Å². The van der Waals surface area contributed by atoms with Gasteiger partial charge in [-0.15, -0.1) is 6.54 Å². The molecular weight excluding hydrogens is 308 g/mol. The maximum Gasteiger partial charge on any atom is 0.145 e. The number of aryl methyl sites for hydroxylation is 1. The van der Waals surface area contributed by atoms with Crippen molar-refractivity contribution >= 4 is 11.0 Å². The number of nitrogens with one attached hydrogen (secondary N) is 1. The van der Waals surface area contributed by atoms with Gasteiger partial charge in [-0.25, -0.2) is 0 Å². The Balaban J connectivity index is 0.000000980. The van der Waals surface area contributed by atoms with Gasteiger partial charge in [-0.2, -0.15) is 0 Å². The van der Waals surface area contributed by atoms with Crippen LogP contribution >= 0.6 is 0 Å². The Bertz CT molecular complexity index is 507. The summed E-state index contributed by atoms with van der Waals surface area (Å²) < 4.78 is 1.53. The molecule has 1 N–H and O–H groups in total. The predicted octanol–water partition coefficient (Wildman–Crippen LogP) is 0.253. The second kappa shape index (κ2) is 5.85. The van der Waals surface area contributed by atoms with Gasteiger partial charge in [0.1, 0.15) is 5.56 Å². The molecular formula is C8H8N4OVY-2. The first-order valence-electron chi connectivity index (χ1n) is 3.88. The van der Waals surface area contributed by atoms with Crippen LogP contribution in [0.5, 0.6) is 0 Å². The number of aromatic amines is 1. The number of hydrogen-bond donors (Lipinski definition) is 1. The molecule has 0 spiro atoms. The fourth-order valence-electron chi connectivity index (χ4n) is 1.17. The number of rotatable bonds is 1. The first-order valence-corrected chi connectivity index (χ1v) is 3.88. The smallest absolute Gasteiger partial charge is 0.145 e. The van der Waals surface area contributed by atoms with Crippen molar-refractivity contribution in [2.45, 2.75) is 13.8 Å². The van der Waals surface area contributed by atoms with Gasteiger partial charge < -0.3 is 14.5 Å². The third-order valence-electron chi connectivity index (χ3n) is 1.75. The minimum Gasteiger partial charge on any atom is -0.372 e. The van der Waals surface area contributed by atoms with Crippen LogP contribution in [0.4, 0.5) is 0 Å². The van der Waals surface area contributed by atoms with Gasteiger partial charge in [0, 0.05) is 56.9 Å². The van der Waals surface area contributed by atoms with Crippen molar-refractivity contribution < 1.29 is 51.3 Å². The van der Waals surface area contributed by atoms with Crippen molar-refractivity contribution in [2.24, 2.45) is 0 Å². The van der Waals surface area contributed by atoms with Crippen LogP contribution in [0.3, 0.4) is 0 Å². The molecule has 0 atom stereocenters. The van der Waals surface area contributed by atoms with Gasteiger partial charge in [-0.05, 0) is 13.1 Å². The summed E-state index contributed by atoms with van der Waals surface area (Å²) in [6.45, 7) is 5.27. The molecule has 0 bridgehead atoms. The Morgan fingerprint density at radius 3 is 2.80 bits per heavy atom. The first kappa shape index (κ1) is 14.9. The standard InChI is InChI=1S/C8H8N4O.V.Y/c1-3-12-7-6(4-9-12)8(13)11-5(2)10-7;;/h3H,1-2H3,(H,10,11,13);;/q-2;;. The van der Waals surface area contributed by atoms with Crippen molar-refractivity contribution in [3.63, 3.8) is 0 Å². The van der Waals surface area contributed by atoms with Crippen LogP contribution in [-0.2, 0) is 51.3 Å². The summed E-state index contributed by atoms with van der Waals surface area (Å²) in [4.78, 5) is 18.1. The van der Waals surface area contributed by atoms with E-state index in [-0.39, 0.29) is 56.8 Å². The maximum atomic E-state index is 11.3. The fraction of sp³-hybridized carbons (Fsp3) is 0.250. The van der Waals surface area contributed by atoms with E-state index in [1.165, 1.54) is 4.68 Å². The van der Waals surface area contributed by atoms with E-state index >= 15 is 0 Å². The normalized spacial score (nSPS) is 9.20. The summed E-state index contributed by atoms with van der Waals surface area (Å²) >= 11 is 0. The summed E-state index contributed by atoms with van der Waals surface area (Å²) in [5, 5.41) is 4.26. The van der Waals surface area contributed by atoms with Crippen LogP contribution in [0.1, 0.15) is 12.7 Å². The van der Waals surface area contributed by atoms with Gasteiger partial charge in [0.25, 0.3) is 0 Å². The van der Waals surface area contributed by atoms with Crippen LogP contribution in [0, 0.1) is 19.7 Å². The molecule has 15 heavy (non-hydrogen) atoms. The minimum atomic E-state index is -0.199. The van der Waals surface area contributed by atoms with E-state index in [2.05, 4.69) is 21.3 Å². The molecule has 2 aromatic rings. The van der Waals surface area contributed by atoms with Gasteiger partial charge in [0.15, 0.2) is 0 Å². The van der Waals surface area contributed by atoms with Gasteiger partial charge in [-0.1, -0.05) is 12.3 Å². The maximum absolute atomic E-state index is 11.3. The van der Waals surface area contributed by atoms with E-state index in [9.17, 15) is 4.79 Å². The SMILES string of the molecule is C[CH-]n1n[c-]c2c(=O)[nH]c(C)nc21.[V].[Y]. The Kier molecular flexibility index (Phi) is 5.81. The van der Waals surface area contributed by atoms with E-state index in [0.29, 0.717) is 16.9 Å². The van der Waals surface area contributed by atoms with Crippen molar-refractivity contribution in [3.05, 3.63) is 28.9 Å². The van der Waals surface area contributed by atoms with Crippen molar-refractivity contribution in [2.75, 3.05) is 0 Å². The molecule has 2 aromatic heterocycles. The monoisotopic (exact) mass is 316 g/mol. The van der Waals surface area contributed by atoms with Gasteiger partial charge in [-0.3, -0.25) is 10.1 Å². The number of aromatic nitrogens is 4. The molecule has 2 rings (SSSR count). The largest absolute Gasteiger partial charge is 0.372 e. The molecule has 2 radical (unpaired) electrons. The number of nitrogens with zero attached hydrogens (tertiary/aromatic N) is 3. The second-order valence-corrected chi connectivity index (χ2v) is 2.66. The van der Waals surface area contributed by atoms with Crippen LogP contribution < -0.4 is 5.56 Å². The molecule has 0 saturated heterocycles. The summed E-state index contributed by atoms with van der Waals surface area (Å²) in [6.07, 6.45) is 2.61. The zero-order valence-corrected chi connectivity index (χ0v) is 12.6. The third-order valence-corrected chi connectivity index (χ3v) is 1.75. The molecule has 7 heteroatoms. The Hall–Kier alpha value is -0.0917. The van der Waals surface area contributed by atoms with Crippen LogP contribution in [-0.4, -0.2) is 19.7 Å². The Morgan fingerprint density at radius 1 is 1.53 bits per heavy atom. The first-order chi connectivity index (χ1) is 6.22. The van der Waals surface area contributed by atoms with Crippen LogP contribution in [0.25, 0.3) is 11.0 Å². The Morgan fingerprint density at radius 2 is 2.20 bits per heavy atom. The predicted molar refractivity (Wildman–Crippen MR) is 47.1 cm³/mol. The number of H-pyrrole nitrogens is 1. The van der Waals surface area contributed by atoms with Gasteiger partial charge >= 0.3 is 0 Å². The zero-order chi connectivity index (χ0) is 9.42. The molecule has 0 saturated carbocycles. The molecule has 2 heterocycles. The molecule has 0 aliphatic rings. The van der Waals surface area contributed by atoms with Crippen molar-refractivity contribution in [1.29, 1.82) is 0 Å². The van der Waals surface area contributed by atoms with E-state index in [1.807, 2.05) is 6.92 Å². The molecule has 0 aromatic carbocycles. The van der Waals surface area contributed by atoms with Crippen molar-refractivity contribution in [3.8, 4) is 0 Å². The summed E-state index contributed by atoms with van der Waals surface area (Å²) in [7, 11) is 0. The average molecular weight is 316 g/mol. The molecule has 0 aliphatic heterocycles. The molecule has 76 valence electrons. The van der Waals surface area contributed by atoms with E-state index in [4.69, 9.17) is 0 Å².